The van der Waals surface area contributed by atoms with Crippen LogP contribution in [0, 0.1) is 0 Å². The van der Waals surface area contributed by atoms with Crippen molar-refractivity contribution < 1.29 is 19.1 Å². The molecule has 0 aliphatic carbocycles. The van der Waals surface area contributed by atoms with E-state index in [0.717, 1.165) is 11.5 Å². The van der Waals surface area contributed by atoms with Crippen molar-refractivity contribution in [1.82, 2.24) is 0 Å². The summed E-state index contributed by atoms with van der Waals surface area (Å²) in [7, 11) is 2.93. The van der Waals surface area contributed by atoms with E-state index in [1.165, 1.54) is 14.2 Å². The Morgan fingerprint density at radius 2 is 2.00 bits per heavy atom. The Labute approximate surface area is 101 Å². The van der Waals surface area contributed by atoms with Crippen LogP contribution in [-0.4, -0.2) is 26.9 Å². The van der Waals surface area contributed by atoms with Crippen molar-refractivity contribution in [3.63, 3.8) is 0 Å². The Kier molecular flexibility index (Phi) is 5.29. The van der Waals surface area contributed by atoms with Gasteiger partial charge in [-0.1, -0.05) is 19.1 Å². The fourth-order valence-electron chi connectivity index (χ4n) is 1.32. The van der Waals surface area contributed by atoms with Gasteiger partial charge in [0.15, 0.2) is 0 Å². The Bertz CT molecular complexity index is 367. The zero-order valence-electron chi connectivity index (χ0n) is 10.3. The summed E-state index contributed by atoms with van der Waals surface area (Å²) in [6.07, 6.45) is 0.203. The average Bonchev–Trinajstić information content (AvgIpc) is 2.37. The molecule has 5 nitrogen and oxygen atoms in total. The third-order valence-corrected chi connectivity index (χ3v) is 2.08. The van der Waals surface area contributed by atoms with Gasteiger partial charge in [-0.25, -0.2) is 4.79 Å². The van der Waals surface area contributed by atoms with Gasteiger partial charge in [0, 0.05) is 0 Å². The lowest BCUT2D eigenvalue weighted by molar-refractivity contribution is 0.0994. The van der Waals surface area contributed by atoms with Crippen LogP contribution in [0.4, 0.5) is 10.5 Å². The van der Waals surface area contributed by atoms with Crippen LogP contribution in [0.25, 0.3) is 0 Å². The van der Waals surface area contributed by atoms with Crippen molar-refractivity contribution in [1.29, 1.82) is 0 Å². The predicted octanol–water partition coefficient (Wildman–Crippen LogP) is 2.61. The minimum absolute atomic E-state index is 0.355. The highest BCUT2D eigenvalue weighted by Crippen LogP contribution is 2.28. The number of amides is 1. The van der Waals surface area contributed by atoms with Crippen molar-refractivity contribution in [3.8, 4) is 5.75 Å². The van der Waals surface area contributed by atoms with Gasteiger partial charge in [0.05, 0.1) is 20.8 Å². The van der Waals surface area contributed by atoms with Crippen molar-refractivity contribution in [2.75, 3.05) is 25.9 Å². The van der Waals surface area contributed by atoms with Crippen molar-refractivity contribution in [3.05, 3.63) is 24.3 Å². The van der Waals surface area contributed by atoms with Crippen LogP contribution in [0.3, 0.4) is 0 Å². The van der Waals surface area contributed by atoms with Gasteiger partial charge in [0.2, 0.25) is 0 Å². The smallest absolute Gasteiger partial charge is 0.438 e. The molecule has 0 aromatic heterocycles. The SMILES string of the molecule is CCCOC(=O)N(OC)c1ccccc1OC. The maximum atomic E-state index is 11.7. The molecule has 1 aromatic rings. The molecule has 0 N–H and O–H groups in total. The Morgan fingerprint density at radius 3 is 2.59 bits per heavy atom. The van der Waals surface area contributed by atoms with Crippen LogP contribution in [-0.2, 0) is 9.57 Å². The molecule has 0 fully saturated rings. The minimum Gasteiger partial charge on any atom is -0.494 e. The van der Waals surface area contributed by atoms with Gasteiger partial charge in [-0.05, 0) is 18.6 Å². The zero-order chi connectivity index (χ0) is 12.7. The van der Waals surface area contributed by atoms with E-state index in [2.05, 4.69) is 0 Å². The summed E-state index contributed by atoms with van der Waals surface area (Å²) < 4.78 is 10.2. The van der Waals surface area contributed by atoms with E-state index in [4.69, 9.17) is 14.3 Å². The third kappa shape index (κ3) is 3.35. The molecule has 0 aliphatic heterocycles. The molecule has 0 saturated heterocycles. The summed E-state index contributed by atoms with van der Waals surface area (Å²) in [4.78, 5) is 16.7. The monoisotopic (exact) mass is 239 g/mol. The van der Waals surface area contributed by atoms with Crippen LogP contribution in [0.15, 0.2) is 24.3 Å². The molecule has 17 heavy (non-hydrogen) atoms. The van der Waals surface area contributed by atoms with Gasteiger partial charge in [0.1, 0.15) is 11.4 Å². The molecule has 0 spiro atoms. The Morgan fingerprint density at radius 1 is 1.29 bits per heavy atom. The molecule has 0 radical (unpaired) electrons. The second kappa shape index (κ2) is 6.75. The molecular formula is C12H17NO4. The van der Waals surface area contributed by atoms with E-state index in [9.17, 15) is 4.79 Å². The number of nitrogens with zero attached hydrogens (tertiary/aromatic N) is 1. The number of para-hydroxylation sites is 2. The summed E-state index contributed by atoms with van der Waals surface area (Å²) in [5.41, 5.74) is 0.513. The summed E-state index contributed by atoms with van der Waals surface area (Å²) in [5.74, 6) is 0.544. The van der Waals surface area contributed by atoms with Crippen LogP contribution >= 0.6 is 0 Å². The number of methoxy groups -OCH3 is 1. The standard InChI is InChI=1S/C12H17NO4/c1-4-9-17-12(14)13(16-3)10-7-5-6-8-11(10)15-2/h5-8H,4,9H2,1-3H3. The largest absolute Gasteiger partial charge is 0.494 e. The first kappa shape index (κ1) is 13.3. The number of hydroxylamine groups is 1. The number of hydrogen-bond donors (Lipinski definition) is 0. The highest BCUT2D eigenvalue weighted by molar-refractivity contribution is 5.87. The van der Waals surface area contributed by atoms with Crippen LogP contribution in [0.1, 0.15) is 13.3 Å². The predicted molar refractivity (Wildman–Crippen MR) is 64.1 cm³/mol. The molecule has 0 heterocycles. The number of rotatable bonds is 5. The topological polar surface area (TPSA) is 48.0 Å². The Hall–Kier alpha value is -1.75. The first-order valence-corrected chi connectivity index (χ1v) is 5.38. The second-order valence-electron chi connectivity index (χ2n) is 3.26. The molecule has 0 unspecified atom stereocenters. The van der Waals surface area contributed by atoms with E-state index < -0.39 is 6.09 Å². The number of anilines is 1. The highest BCUT2D eigenvalue weighted by Gasteiger charge is 2.20. The molecule has 1 amide bonds. The lowest BCUT2D eigenvalue weighted by Crippen LogP contribution is -2.31. The lowest BCUT2D eigenvalue weighted by Gasteiger charge is -2.20. The van der Waals surface area contributed by atoms with Crippen molar-refractivity contribution in [2.24, 2.45) is 0 Å². The lowest BCUT2D eigenvalue weighted by atomic mass is 10.3. The molecule has 1 rings (SSSR count). The normalized spacial score (nSPS) is 9.82. The van der Waals surface area contributed by atoms with Crippen LogP contribution < -0.4 is 9.80 Å². The molecule has 0 aliphatic rings. The second-order valence-corrected chi connectivity index (χ2v) is 3.26. The maximum Gasteiger partial charge on any atom is 0.438 e. The fraction of sp³-hybridized carbons (Fsp3) is 0.417. The molecule has 1 aromatic carbocycles. The Balaban J connectivity index is 2.88. The molecule has 0 saturated carbocycles. The summed E-state index contributed by atoms with van der Waals surface area (Å²) >= 11 is 0. The van der Waals surface area contributed by atoms with Gasteiger partial charge in [-0.3, -0.25) is 4.84 Å². The maximum absolute atomic E-state index is 11.7. The molecular weight excluding hydrogens is 222 g/mol. The minimum atomic E-state index is -0.557. The van der Waals surface area contributed by atoms with Crippen molar-refractivity contribution in [2.45, 2.75) is 13.3 Å². The summed E-state index contributed by atoms with van der Waals surface area (Å²) in [6, 6.07) is 7.06. The first-order valence-electron chi connectivity index (χ1n) is 5.38. The van der Waals surface area contributed by atoms with Gasteiger partial charge in [0.25, 0.3) is 0 Å². The summed E-state index contributed by atoms with van der Waals surface area (Å²) in [6.45, 7) is 2.28. The van der Waals surface area contributed by atoms with Crippen LogP contribution in [0.5, 0.6) is 5.75 Å². The quantitative estimate of drug-likeness (QED) is 0.741. The third-order valence-electron chi connectivity index (χ3n) is 2.08. The fourth-order valence-corrected chi connectivity index (χ4v) is 1.32. The van der Waals surface area contributed by atoms with E-state index in [1.54, 1.807) is 18.2 Å². The average molecular weight is 239 g/mol. The van der Waals surface area contributed by atoms with Gasteiger partial charge >= 0.3 is 6.09 Å². The van der Waals surface area contributed by atoms with Gasteiger partial charge in [-0.2, -0.15) is 0 Å². The molecule has 0 bridgehead atoms. The number of ether oxygens (including phenoxy) is 2. The van der Waals surface area contributed by atoms with E-state index in [-0.39, 0.29) is 0 Å². The summed E-state index contributed by atoms with van der Waals surface area (Å²) in [5, 5.41) is 1.06. The molecule has 0 atom stereocenters. The number of hydrogen-bond acceptors (Lipinski definition) is 4. The number of benzene rings is 1. The number of carbonyl (C=O) groups excluding carboxylic acids is 1. The zero-order valence-corrected chi connectivity index (χ0v) is 10.3. The van der Waals surface area contributed by atoms with E-state index >= 15 is 0 Å². The molecule has 94 valence electrons. The molecule has 5 heteroatoms. The van der Waals surface area contributed by atoms with Gasteiger partial charge in [-0.15, -0.1) is 5.06 Å². The van der Waals surface area contributed by atoms with Crippen molar-refractivity contribution >= 4 is 11.8 Å². The van der Waals surface area contributed by atoms with E-state index in [0.29, 0.717) is 18.0 Å². The first-order chi connectivity index (χ1) is 8.24. The highest BCUT2D eigenvalue weighted by atomic mass is 16.7. The van der Waals surface area contributed by atoms with Crippen LogP contribution in [0.2, 0.25) is 0 Å². The number of carbonyl (C=O) groups is 1. The van der Waals surface area contributed by atoms with Gasteiger partial charge < -0.3 is 9.47 Å². The van der Waals surface area contributed by atoms with E-state index in [1.807, 2.05) is 13.0 Å².